The molecule has 0 fully saturated rings. The fourth-order valence-electron chi connectivity index (χ4n) is 1.79. The summed E-state index contributed by atoms with van der Waals surface area (Å²) in [7, 11) is 0. The van der Waals surface area contributed by atoms with Crippen molar-refractivity contribution in [3.63, 3.8) is 0 Å². The van der Waals surface area contributed by atoms with Crippen LogP contribution in [0.3, 0.4) is 0 Å². The SMILES string of the molecule is CCOCC(Nc1ccc(F)c(N)c1C(=O)O)C(C)C. The van der Waals surface area contributed by atoms with Crippen LogP contribution < -0.4 is 11.1 Å². The number of rotatable bonds is 7. The molecule has 0 bridgehead atoms. The molecule has 0 spiro atoms. The Labute approximate surface area is 117 Å². The van der Waals surface area contributed by atoms with E-state index < -0.39 is 11.8 Å². The van der Waals surface area contributed by atoms with Gasteiger partial charge in [-0.25, -0.2) is 9.18 Å². The van der Waals surface area contributed by atoms with E-state index >= 15 is 0 Å². The van der Waals surface area contributed by atoms with Crippen LogP contribution in [0.25, 0.3) is 0 Å². The summed E-state index contributed by atoms with van der Waals surface area (Å²) in [5.74, 6) is -1.78. The van der Waals surface area contributed by atoms with Gasteiger partial charge in [-0.1, -0.05) is 13.8 Å². The van der Waals surface area contributed by atoms with Gasteiger partial charge in [-0.05, 0) is 25.0 Å². The molecule has 0 radical (unpaired) electrons. The van der Waals surface area contributed by atoms with Crippen molar-refractivity contribution >= 4 is 17.3 Å². The summed E-state index contributed by atoms with van der Waals surface area (Å²) in [5, 5.41) is 12.3. The molecule has 0 aliphatic carbocycles. The molecule has 0 aliphatic rings. The number of carboxylic acids is 1. The molecular weight excluding hydrogens is 263 g/mol. The van der Waals surface area contributed by atoms with Gasteiger partial charge in [0.15, 0.2) is 0 Å². The number of hydrogen-bond acceptors (Lipinski definition) is 4. The molecular formula is C14H21FN2O3. The number of nitrogens with two attached hydrogens (primary N) is 1. The summed E-state index contributed by atoms with van der Waals surface area (Å²) < 4.78 is 18.7. The van der Waals surface area contributed by atoms with Crippen molar-refractivity contribution in [3.05, 3.63) is 23.5 Å². The summed E-state index contributed by atoms with van der Waals surface area (Å²) in [5.41, 5.74) is 5.21. The van der Waals surface area contributed by atoms with Crippen LogP contribution in [0.2, 0.25) is 0 Å². The molecule has 1 unspecified atom stereocenters. The predicted molar refractivity (Wildman–Crippen MR) is 76.5 cm³/mol. The highest BCUT2D eigenvalue weighted by Gasteiger charge is 2.21. The first-order chi connectivity index (χ1) is 9.38. The maximum Gasteiger partial charge on any atom is 0.340 e. The number of ether oxygens (including phenoxy) is 1. The van der Waals surface area contributed by atoms with Crippen molar-refractivity contribution < 1.29 is 19.0 Å². The predicted octanol–water partition coefficient (Wildman–Crippen LogP) is 2.58. The van der Waals surface area contributed by atoms with Crippen molar-refractivity contribution in [1.82, 2.24) is 0 Å². The average Bonchev–Trinajstić information content (AvgIpc) is 2.37. The third-order valence-corrected chi connectivity index (χ3v) is 3.05. The Morgan fingerprint density at radius 3 is 2.65 bits per heavy atom. The molecule has 0 aliphatic heterocycles. The Balaban J connectivity index is 3.06. The quantitative estimate of drug-likeness (QED) is 0.670. The van der Waals surface area contributed by atoms with Gasteiger partial charge in [-0.2, -0.15) is 0 Å². The summed E-state index contributed by atoms with van der Waals surface area (Å²) in [4.78, 5) is 11.2. The van der Waals surface area contributed by atoms with E-state index in [0.717, 1.165) is 6.07 Å². The topological polar surface area (TPSA) is 84.6 Å². The van der Waals surface area contributed by atoms with E-state index in [0.29, 0.717) is 18.9 Å². The van der Waals surface area contributed by atoms with Crippen LogP contribution in [-0.2, 0) is 4.74 Å². The molecule has 20 heavy (non-hydrogen) atoms. The minimum Gasteiger partial charge on any atom is -0.478 e. The lowest BCUT2D eigenvalue weighted by atomic mass is 10.0. The van der Waals surface area contributed by atoms with E-state index in [2.05, 4.69) is 5.32 Å². The number of aromatic carboxylic acids is 1. The van der Waals surface area contributed by atoms with E-state index in [-0.39, 0.29) is 23.2 Å². The van der Waals surface area contributed by atoms with Crippen molar-refractivity contribution in [1.29, 1.82) is 0 Å². The molecule has 0 saturated heterocycles. The van der Waals surface area contributed by atoms with Gasteiger partial charge < -0.3 is 20.9 Å². The normalized spacial score (nSPS) is 12.4. The second-order valence-corrected chi connectivity index (χ2v) is 4.84. The number of carbonyl (C=O) groups is 1. The molecule has 1 aromatic rings. The van der Waals surface area contributed by atoms with Crippen LogP contribution in [-0.4, -0.2) is 30.3 Å². The number of halogens is 1. The third-order valence-electron chi connectivity index (χ3n) is 3.05. The zero-order chi connectivity index (χ0) is 15.3. The zero-order valence-electron chi connectivity index (χ0n) is 11.9. The zero-order valence-corrected chi connectivity index (χ0v) is 11.9. The maximum absolute atomic E-state index is 13.4. The van der Waals surface area contributed by atoms with Gasteiger partial charge in [-0.3, -0.25) is 0 Å². The smallest absolute Gasteiger partial charge is 0.340 e. The Morgan fingerprint density at radius 2 is 2.15 bits per heavy atom. The third kappa shape index (κ3) is 3.84. The molecule has 0 aromatic heterocycles. The summed E-state index contributed by atoms with van der Waals surface area (Å²) in [6, 6.07) is 2.46. The number of nitrogens with one attached hydrogen (secondary N) is 1. The molecule has 112 valence electrons. The molecule has 0 amide bonds. The van der Waals surface area contributed by atoms with Gasteiger partial charge in [0.25, 0.3) is 0 Å². The Hall–Kier alpha value is -1.82. The monoisotopic (exact) mass is 284 g/mol. The highest BCUT2D eigenvalue weighted by molar-refractivity contribution is 6.00. The van der Waals surface area contributed by atoms with Crippen LogP contribution in [0.1, 0.15) is 31.1 Å². The van der Waals surface area contributed by atoms with Crippen LogP contribution in [0.5, 0.6) is 0 Å². The number of hydrogen-bond donors (Lipinski definition) is 3. The van der Waals surface area contributed by atoms with Crippen LogP contribution >= 0.6 is 0 Å². The molecule has 0 heterocycles. The summed E-state index contributed by atoms with van der Waals surface area (Å²) in [6.45, 7) is 6.87. The highest BCUT2D eigenvalue weighted by Crippen LogP contribution is 2.26. The first-order valence-electron chi connectivity index (χ1n) is 6.54. The van der Waals surface area contributed by atoms with Crippen molar-refractivity contribution in [2.45, 2.75) is 26.8 Å². The first kappa shape index (κ1) is 16.2. The lowest BCUT2D eigenvalue weighted by molar-refractivity contribution is 0.0698. The largest absolute Gasteiger partial charge is 0.478 e. The van der Waals surface area contributed by atoms with Gasteiger partial charge in [0.1, 0.15) is 11.4 Å². The Morgan fingerprint density at radius 1 is 1.50 bits per heavy atom. The summed E-state index contributed by atoms with van der Waals surface area (Å²) >= 11 is 0. The fraction of sp³-hybridized carbons (Fsp3) is 0.500. The lowest BCUT2D eigenvalue weighted by Gasteiger charge is -2.24. The molecule has 6 heteroatoms. The van der Waals surface area contributed by atoms with E-state index in [9.17, 15) is 14.3 Å². The molecule has 4 N–H and O–H groups in total. The second kappa shape index (κ2) is 7.09. The van der Waals surface area contributed by atoms with Gasteiger partial charge in [-0.15, -0.1) is 0 Å². The van der Waals surface area contributed by atoms with Gasteiger partial charge in [0, 0.05) is 6.61 Å². The number of benzene rings is 1. The van der Waals surface area contributed by atoms with Gasteiger partial charge >= 0.3 is 5.97 Å². The number of nitrogen functional groups attached to an aromatic ring is 1. The molecule has 1 atom stereocenters. The van der Waals surface area contributed by atoms with E-state index in [4.69, 9.17) is 10.5 Å². The molecule has 1 aromatic carbocycles. The van der Waals surface area contributed by atoms with Crippen molar-refractivity contribution in [2.24, 2.45) is 5.92 Å². The standard InChI is InChI=1S/C14H21FN2O3/c1-4-20-7-11(8(2)3)17-10-6-5-9(15)13(16)12(10)14(18)19/h5-6,8,11,17H,4,7,16H2,1-3H3,(H,18,19). The molecule has 0 saturated carbocycles. The van der Waals surface area contributed by atoms with E-state index in [1.807, 2.05) is 20.8 Å². The van der Waals surface area contributed by atoms with Crippen LogP contribution in [0.15, 0.2) is 12.1 Å². The second-order valence-electron chi connectivity index (χ2n) is 4.84. The van der Waals surface area contributed by atoms with E-state index in [1.54, 1.807) is 0 Å². The summed E-state index contributed by atoms with van der Waals surface area (Å²) in [6.07, 6.45) is 0. The van der Waals surface area contributed by atoms with Gasteiger partial charge in [0.05, 0.1) is 24.0 Å². The Bertz CT molecular complexity index is 478. The fourth-order valence-corrected chi connectivity index (χ4v) is 1.79. The van der Waals surface area contributed by atoms with Crippen LogP contribution in [0, 0.1) is 11.7 Å². The van der Waals surface area contributed by atoms with Gasteiger partial charge in [0.2, 0.25) is 0 Å². The minimum absolute atomic E-state index is 0.0853. The van der Waals surface area contributed by atoms with E-state index in [1.165, 1.54) is 6.07 Å². The first-order valence-corrected chi connectivity index (χ1v) is 6.54. The highest BCUT2D eigenvalue weighted by atomic mass is 19.1. The number of carboxylic acid groups (broad SMARTS) is 1. The lowest BCUT2D eigenvalue weighted by Crippen LogP contribution is -2.31. The molecule has 1 rings (SSSR count). The average molecular weight is 284 g/mol. The Kier molecular flexibility index (Phi) is 5.76. The van der Waals surface area contributed by atoms with Crippen LogP contribution in [0.4, 0.5) is 15.8 Å². The molecule has 5 nitrogen and oxygen atoms in total. The minimum atomic E-state index is -1.26. The van der Waals surface area contributed by atoms with Crippen molar-refractivity contribution in [2.75, 3.05) is 24.3 Å². The number of anilines is 2. The van der Waals surface area contributed by atoms with Crippen molar-refractivity contribution in [3.8, 4) is 0 Å². The maximum atomic E-state index is 13.4.